The van der Waals surface area contributed by atoms with Crippen molar-refractivity contribution in [2.75, 3.05) is 33.5 Å². The number of carbonyl (C=O) groups is 1. The van der Waals surface area contributed by atoms with E-state index >= 15 is 0 Å². The minimum Gasteiger partial charge on any atom is -0.383 e. The predicted octanol–water partition coefficient (Wildman–Crippen LogP) is 3.47. The first-order chi connectivity index (χ1) is 14.6. The number of methoxy groups -OCH3 is 1. The van der Waals surface area contributed by atoms with Crippen LogP contribution in [0.5, 0.6) is 0 Å². The lowest BCUT2D eigenvalue weighted by molar-refractivity contribution is 0.0487. The average Bonchev–Trinajstić information content (AvgIpc) is 3.19. The van der Waals surface area contributed by atoms with Gasteiger partial charge in [-0.3, -0.25) is 4.79 Å². The highest BCUT2D eigenvalue weighted by atomic mass is 16.5. The zero-order chi connectivity index (χ0) is 21.0. The number of imidazole rings is 1. The van der Waals surface area contributed by atoms with Gasteiger partial charge >= 0.3 is 0 Å². The number of nitrogens with zero attached hydrogens (tertiary/aromatic N) is 2. The van der Waals surface area contributed by atoms with Crippen molar-refractivity contribution in [2.45, 2.75) is 31.7 Å². The van der Waals surface area contributed by atoms with Crippen LogP contribution in [0.4, 0.5) is 0 Å². The summed E-state index contributed by atoms with van der Waals surface area (Å²) in [5.41, 5.74) is 4.87. The van der Waals surface area contributed by atoms with Crippen LogP contribution in [0.3, 0.4) is 0 Å². The van der Waals surface area contributed by atoms with Crippen LogP contribution in [0.15, 0.2) is 48.8 Å². The van der Waals surface area contributed by atoms with Crippen LogP contribution < -0.4 is 5.32 Å². The van der Waals surface area contributed by atoms with Gasteiger partial charge in [-0.1, -0.05) is 29.8 Å². The summed E-state index contributed by atoms with van der Waals surface area (Å²) in [6, 6.07) is 14.3. The molecule has 1 N–H and O–H groups in total. The van der Waals surface area contributed by atoms with Gasteiger partial charge in [0.05, 0.1) is 24.0 Å². The summed E-state index contributed by atoms with van der Waals surface area (Å²) < 4.78 is 12.8. The Morgan fingerprint density at radius 1 is 1.20 bits per heavy atom. The Morgan fingerprint density at radius 3 is 2.70 bits per heavy atom. The van der Waals surface area contributed by atoms with Gasteiger partial charge in [-0.15, -0.1) is 0 Å². The van der Waals surface area contributed by atoms with Crippen LogP contribution in [0, 0.1) is 6.92 Å². The zero-order valence-corrected chi connectivity index (χ0v) is 17.7. The van der Waals surface area contributed by atoms with Gasteiger partial charge < -0.3 is 19.4 Å². The van der Waals surface area contributed by atoms with Crippen molar-refractivity contribution in [3.8, 4) is 0 Å². The van der Waals surface area contributed by atoms with Crippen LogP contribution >= 0.6 is 0 Å². The number of aromatic nitrogens is 2. The summed E-state index contributed by atoms with van der Waals surface area (Å²) in [6.45, 7) is 5.48. The molecule has 0 spiro atoms. The molecule has 0 aliphatic carbocycles. The van der Waals surface area contributed by atoms with E-state index in [1.54, 1.807) is 13.4 Å². The maximum atomic E-state index is 12.9. The molecule has 2 aromatic carbocycles. The van der Waals surface area contributed by atoms with Gasteiger partial charge in [-0.25, -0.2) is 4.98 Å². The largest absolute Gasteiger partial charge is 0.383 e. The summed E-state index contributed by atoms with van der Waals surface area (Å²) in [5, 5.41) is 3.18. The van der Waals surface area contributed by atoms with Crippen molar-refractivity contribution in [2.24, 2.45) is 0 Å². The molecule has 1 aromatic heterocycles. The number of benzene rings is 2. The maximum absolute atomic E-state index is 12.9. The molecule has 0 atom stereocenters. The Labute approximate surface area is 177 Å². The zero-order valence-electron chi connectivity index (χ0n) is 17.7. The second kappa shape index (κ2) is 8.98. The van der Waals surface area contributed by atoms with E-state index in [0.29, 0.717) is 31.9 Å². The third-order valence-corrected chi connectivity index (χ3v) is 6.12. The molecular weight excluding hydrogens is 378 g/mol. The molecule has 3 aromatic rings. The van der Waals surface area contributed by atoms with Gasteiger partial charge in [-0.2, -0.15) is 0 Å². The van der Waals surface area contributed by atoms with E-state index in [1.165, 1.54) is 11.1 Å². The van der Waals surface area contributed by atoms with E-state index in [0.717, 1.165) is 30.4 Å². The van der Waals surface area contributed by atoms with E-state index in [1.807, 2.05) is 22.8 Å². The molecule has 6 heteroatoms. The second-order valence-electron chi connectivity index (χ2n) is 8.08. The number of fused-ring (bicyclic) bond motifs is 1. The smallest absolute Gasteiger partial charge is 0.251 e. The number of nitrogens with one attached hydrogen (secondary N) is 1. The van der Waals surface area contributed by atoms with E-state index in [4.69, 9.17) is 9.47 Å². The molecule has 30 heavy (non-hydrogen) atoms. The molecule has 4 rings (SSSR count). The van der Waals surface area contributed by atoms with Crippen molar-refractivity contribution >= 4 is 16.9 Å². The van der Waals surface area contributed by atoms with Gasteiger partial charge in [0.1, 0.15) is 0 Å². The average molecular weight is 408 g/mol. The molecule has 0 saturated carbocycles. The van der Waals surface area contributed by atoms with Crippen molar-refractivity contribution < 1.29 is 14.3 Å². The highest BCUT2D eigenvalue weighted by molar-refractivity contribution is 5.97. The Morgan fingerprint density at radius 2 is 1.97 bits per heavy atom. The Bertz CT molecular complexity index is 1000. The van der Waals surface area contributed by atoms with E-state index in [9.17, 15) is 4.79 Å². The monoisotopic (exact) mass is 407 g/mol. The Hall–Kier alpha value is -2.70. The van der Waals surface area contributed by atoms with Crippen LogP contribution in [-0.4, -0.2) is 48.9 Å². The molecule has 1 fully saturated rings. The first-order valence-corrected chi connectivity index (χ1v) is 10.5. The van der Waals surface area contributed by atoms with Crippen LogP contribution in [0.25, 0.3) is 11.0 Å². The molecule has 0 bridgehead atoms. The number of hydrogen-bond donors (Lipinski definition) is 1. The van der Waals surface area contributed by atoms with Crippen molar-refractivity contribution in [3.05, 3.63) is 65.5 Å². The third-order valence-electron chi connectivity index (χ3n) is 6.12. The van der Waals surface area contributed by atoms with Gasteiger partial charge in [0, 0.05) is 44.4 Å². The Balaban J connectivity index is 1.50. The standard InChI is InChI=1S/C24H29N3O3/c1-18-3-6-20(7-4-18)24(9-12-30-13-10-24)16-25-23(28)19-5-8-22-21(15-19)26-17-27(22)11-14-29-2/h3-8,15,17H,9-14,16H2,1-2H3,(H,25,28). The molecule has 2 heterocycles. The molecule has 158 valence electrons. The highest BCUT2D eigenvalue weighted by Gasteiger charge is 2.34. The van der Waals surface area contributed by atoms with Crippen LogP contribution in [0.2, 0.25) is 0 Å². The first kappa shape index (κ1) is 20.6. The van der Waals surface area contributed by atoms with Crippen LogP contribution in [0.1, 0.15) is 34.3 Å². The summed E-state index contributed by atoms with van der Waals surface area (Å²) >= 11 is 0. The SMILES string of the molecule is COCCn1cnc2cc(C(=O)NCC3(c4ccc(C)cc4)CCOCC3)ccc21. The lowest BCUT2D eigenvalue weighted by Gasteiger charge is -2.38. The van der Waals surface area contributed by atoms with E-state index < -0.39 is 0 Å². The Kier molecular flexibility index (Phi) is 6.16. The number of hydrogen-bond acceptors (Lipinski definition) is 4. The normalized spacial score (nSPS) is 15.9. The maximum Gasteiger partial charge on any atom is 0.251 e. The molecule has 1 saturated heterocycles. The summed E-state index contributed by atoms with van der Waals surface area (Å²) in [7, 11) is 1.68. The van der Waals surface area contributed by atoms with Crippen molar-refractivity contribution in [3.63, 3.8) is 0 Å². The fourth-order valence-electron chi connectivity index (χ4n) is 4.16. The molecule has 0 radical (unpaired) electrons. The number of aryl methyl sites for hydroxylation is 1. The third kappa shape index (κ3) is 4.25. The summed E-state index contributed by atoms with van der Waals surface area (Å²) in [5.74, 6) is -0.0682. The van der Waals surface area contributed by atoms with Gasteiger partial charge in [0.2, 0.25) is 0 Å². The second-order valence-corrected chi connectivity index (χ2v) is 8.08. The lowest BCUT2D eigenvalue weighted by Crippen LogP contribution is -2.44. The van der Waals surface area contributed by atoms with Crippen molar-refractivity contribution in [1.82, 2.24) is 14.9 Å². The van der Waals surface area contributed by atoms with Crippen LogP contribution in [-0.2, 0) is 21.4 Å². The fraction of sp³-hybridized carbons (Fsp3) is 0.417. The molecule has 6 nitrogen and oxygen atoms in total. The quantitative estimate of drug-likeness (QED) is 0.651. The lowest BCUT2D eigenvalue weighted by atomic mass is 9.74. The molecule has 1 aliphatic rings. The van der Waals surface area contributed by atoms with Crippen molar-refractivity contribution in [1.29, 1.82) is 0 Å². The summed E-state index contributed by atoms with van der Waals surface area (Å²) in [6.07, 6.45) is 3.60. The predicted molar refractivity (Wildman–Crippen MR) is 117 cm³/mol. The highest BCUT2D eigenvalue weighted by Crippen LogP contribution is 2.34. The molecule has 1 aliphatic heterocycles. The first-order valence-electron chi connectivity index (χ1n) is 10.5. The van der Waals surface area contributed by atoms with E-state index in [-0.39, 0.29) is 11.3 Å². The molecule has 1 amide bonds. The number of amides is 1. The summed E-state index contributed by atoms with van der Waals surface area (Å²) in [4.78, 5) is 17.4. The van der Waals surface area contributed by atoms with E-state index in [2.05, 4.69) is 41.5 Å². The fourth-order valence-corrected chi connectivity index (χ4v) is 4.16. The van der Waals surface area contributed by atoms with Gasteiger partial charge in [-0.05, 0) is 43.5 Å². The molecule has 0 unspecified atom stereocenters. The number of rotatable bonds is 7. The molecular formula is C24H29N3O3. The van der Waals surface area contributed by atoms with Gasteiger partial charge in [0.15, 0.2) is 0 Å². The minimum absolute atomic E-state index is 0.0682. The number of ether oxygens (including phenoxy) is 2. The topological polar surface area (TPSA) is 65.4 Å². The number of carbonyl (C=O) groups excluding carboxylic acids is 1. The van der Waals surface area contributed by atoms with Gasteiger partial charge in [0.25, 0.3) is 5.91 Å². The minimum atomic E-state index is -0.0898.